The Balaban J connectivity index is 2.94. The molecule has 1 amide bonds. The molecular formula is C13H16FNO3. The second-order valence-electron chi connectivity index (χ2n) is 4.52. The average molecular weight is 253 g/mol. The number of hydrogen-bond donors (Lipinski definition) is 2. The number of benzene rings is 1. The molecule has 0 aliphatic heterocycles. The van der Waals surface area contributed by atoms with Crippen molar-refractivity contribution in [3.8, 4) is 0 Å². The SMILES string of the molecule is Cc1ccc(F)c(C(=O)N[C@H](C(=O)O)C(C)C)c1. The molecule has 1 aromatic carbocycles. The Labute approximate surface area is 105 Å². The zero-order chi connectivity index (χ0) is 13.9. The van der Waals surface area contributed by atoms with Gasteiger partial charge in [-0.25, -0.2) is 9.18 Å². The Morgan fingerprint density at radius 1 is 1.33 bits per heavy atom. The molecule has 0 spiro atoms. The van der Waals surface area contributed by atoms with E-state index in [1.165, 1.54) is 12.1 Å². The number of carboxylic acid groups (broad SMARTS) is 1. The highest BCUT2D eigenvalue weighted by molar-refractivity contribution is 5.97. The molecule has 0 heterocycles. The van der Waals surface area contributed by atoms with Crippen molar-refractivity contribution in [2.24, 2.45) is 5.92 Å². The Morgan fingerprint density at radius 3 is 2.44 bits per heavy atom. The van der Waals surface area contributed by atoms with Crippen molar-refractivity contribution in [2.75, 3.05) is 0 Å². The first kappa shape index (κ1) is 14.2. The summed E-state index contributed by atoms with van der Waals surface area (Å²) in [6.45, 7) is 5.07. The van der Waals surface area contributed by atoms with E-state index in [0.29, 0.717) is 0 Å². The number of aryl methyl sites for hydroxylation is 1. The largest absolute Gasteiger partial charge is 0.480 e. The highest BCUT2D eigenvalue weighted by atomic mass is 19.1. The van der Waals surface area contributed by atoms with Crippen LogP contribution in [0.1, 0.15) is 29.8 Å². The summed E-state index contributed by atoms with van der Waals surface area (Å²) < 4.78 is 13.5. The fraction of sp³-hybridized carbons (Fsp3) is 0.385. The molecule has 0 bridgehead atoms. The summed E-state index contributed by atoms with van der Waals surface area (Å²) in [5.41, 5.74) is 0.597. The summed E-state index contributed by atoms with van der Waals surface area (Å²) in [5.74, 6) is -2.78. The Kier molecular flexibility index (Phi) is 4.42. The molecule has 5 heteroatoms. The van der Waals surface area contributed by atoms with Crippen molar-refractivity contribution in [1.29, 1.82) is 0 Å². The first-order chi connectivity index (χ1) is 8.32. The standard InChI is InChI=1S/C13H16FNO3/c1-7(2)11(13(17)18)15-12(16)9-6-8(3)4-5-10(9)14/h4-7,11H,1-3H3,(H,15,16)(H,17,18)/t11-/m0/s1. The predicted molar refractivity (Wildman–Crippen MR) is 64.9 cm³/mol. The third-order valence-electron chi connectivity index (χ3n) is 2.59. The summed E-state index contributed by atoms with van der Waals surface area (Å²) in [6.07, 6.45) is 0. The number of rotatable bonds is 4. The van der Waals surface area contributed by atoms with Crippen LogP contribution in [-0.4, -0.2) is 23.0 Å². The lowest BCUT2D eigenvalue weighted by molar-refractivity contribution is -0.140. The molecule has 4 nitrogen and oxygen atoms in total. The predicted octanol–water partition coefficient (Wildman–Crippen LogP) is 1.97. The summed E-state index contributed by atoms with van der Waals surface area (Å²) in [4.78, 5) is 22.8. The van der Waals surface area contributed by atoms with Gasteiger partial charge in [0.15, 0.2) is 0 Å². The monoisotopic (exact) mass is 253 g/mol. The molecule has 2 N–H and O–H groups in total. The van der Waals surface area contributed by atoms with Crippen LogP contribution in [0.25, 0.3) is 0 Å². The number of aliphatic carboxylic acids is 1. The fourth-order valence-corrected chi connectivity index (χ4v) is 1.55. The van der Waals surface area contributed by atoms with Crippen LogP contribution >= 0.6 is 0 Å². The zero-order valence-corrected chi connectivity index (χ0v) is 10.5. The number of halogens is 1. The maximum atomic E-state index is 13.5. The third kappa shape index (κ3) is 3.29. The quantitative estimate of drug-likeness (QED) is 0.862. The molecule has 1 rings (SSSR count). The molecule has 1 atom stereocenters. The number of carbonyl (C=O) groups excluding carboxylic acids is 1. The van der Waals surface area contributed by atoms with Crippen LogP contribution in [0.4, 0.5) is 4.39 Å². The molecule has 0 saturated carbocycles. The van der Waals surface area contributed by atoms with Crippen LogP contribution in [0.3, 0.4) is 0 Å². The number of carboxylic acids is 1. The van der Waals surface area contributed by atoms with Crippen LogP contribution in [-0.2, 0) is 4.79 Å². The molecule has 0 fully saturated rings. The number of amides is 1. The second kappa shape index (κ2) is 5.62. The molecule has 0 aromatic heterocycles. The van der Waals surface area contributed by atoms with Gasteiger partial charge in [-0.2, -0.15) is 0 Å². The Morgan fingerprint density at radius 2 is 1.94 bits per heavy atom. The van der Waals surface area contributed by atoms with E-state index in [-0.39, 0.29) is 11.5 Å². The van der Waals surface area contributed by atoms with E-state index in [1.54, 1.807) is 26.8 Å². The van der Waals surface area contributed by atoms with E-state index in [9.17, 15) is 14.0 Å². The lowest BCUT2D eigenvalue weighted by atomic mass is 10.0. The molecule has 0 unspecified atom stereocenters. The fourth-order valence-electron chi connectivity index (χ4n) is 1.55. The summed E-state index contributed by atoms with van der Waals surface area (Å²) in [5, 5.41) is 11.3. The summed E-state index contributed by atoms with van der Waals surface area (Å²) in [6, 6.07) is 3.10. The van der Waals surface area contributed by atoms with Crippen LogP contribution in [0.5, 0.6) is 0 Å². The van der Waals surface area contributed by atoms with Crippen LogP contribution in [0.2, 0.25) is 0 Å². The van der Waals surface area contributed by atoms with Crippen molar-refractivity contribution in [3.63, 3.8) is 0 Å². The van der Waals surface area contributed by atoms with E-state index >= 15 is 0 Å². The lowest BCUT2D eigenvalue weighted by Gasteiger charge is -2.18. The van der Waals surface area contributed by atoms with Crippen molar-refractivity contribution in [3.05, 3.63) is 35.1 Å². The van der Waals surface area contributed by atoms with Gasteiger partial charge in [0.25, 0.3) is 5.91 Å². The number of carbonyl (C=O) groups is 2. The number of hydrogen-bond acceptors (Lipinski definition) is 2. The third-order valence-corrected chi connectivity index (χ3v) is 2.59. The average Bonchev–Trinajstić information content (AvgIpc) is 2.28. The van der Waals surface area contributed by atoms with Gasteiger partial charge < -0.3 is 10.4 Å². The van der Waals surface area contributed by atoms with Crippen molar-refractivity contribution in [2.45, 2.75) is 26.8 Å². The van der Waals surface area contributed by atoms with Crippen LogP contribution < -0.4 is 5.32 Å². The first-order valence-corrected chi connectivity index (χ1v) is 5.62. The van der Waals surface area contributed by atoms with Gasteiger partial charge in [0.2, 0.25) is 0 Å². The summed E-state index contributed by atoms with van der Waals surface area (Å²) in [7, 11) is 0. The van der Waals surface area contributed by atoms with Gasteiger partial charge in [-0.1, -0.05) is 25.5 Å². The van der Waals surface area contributed by atoms with Crippen molar-refractivity contribution >= 4 is 11.9 Å². The minimum atomic E-state index is -1.13. The van der Waals surface area contributed by atoms with Crippen molar-refractivity contribution < 1.29 is 19.1 Å². The molecular weight excluding hydrogens is 237 g/mol. The van der Waals surface area contributed by atoms with Gasteiger partial charge >= 0.3 is 5.97 Å². The lowest BCUT2D eigenvalue weighted by Crippen LogP contribution is -2.44. The highest BCUT2D eigenvalue weighted by Gasteiger charge is 2.25. The molecule has 0 aliphatic carbocycles. The smallest absolute Gasteiger partial charge is 0.326 e. The van der Waals surface area contributed by atoms with E-state index in [0.717, 1.165) is 5.56 Å². The van der Waals surface area contributed by atoms with E-state index in [1.807, 2.05) is 0 Å². The van der Waals surface area contributed by atoms with E-state index in [2.05, 4.69) is 5.32 Å². The zero-order valence-electron chi connectivity index (χ0n) is 10.5. The summed E-state index contributed by atoms with van der Waals surface area (Å²) >= 11 is 0. The minimum absolute atomic E-state index is 0.137. The first-order valence-electron chi connectivity index (χ1n) is 5.62. The van der Waals surface area contributed by atoms with Gasteiger partial charge in [0.1, 0.15) is 11.9 Å². The Hall–Kier alpha value is -1.91. The van der Waals surface area contributed by atoms with Crippen molar-refractivity contribution in [1.82, 2.24) is 5.32 Å². The topological polar surface area (TPSA) is 66.4 Å². The van der Waals surface area contributed by atoms with E-state index in [4.69, 9.17) is 5.11 Å². The molecule has 98 valence electrons. The molecule has 0 radical (unpaired) electrons. The molecule has 0 saturated heterocycles. The minimum Gasteiger partial charge on any atom is -0.480 e. The van der Waals surface area contributed by atoms with Crippen LogP contribution in [0.15, 0.2) is 18.2 Å². The molecule has 18 heavy (non-hydrogen) atoms. The van der Waals surface area contributed by atoms with Crippen LogP contribution in [0, 0.1) is 18.7 Å². The Bertz CT molecular complexity index is 471. The normalized spacial score (nSPS) is 12.3. The molecule has 1 aromatic rings. The second-order valence-corrected chi connectivity index (χ2v) is 4.52. The van der Waals surface area contributed by atoms with E-state index < -0.39 is 23.7 Å². The molecule has 0 aliphatic rings. The number of nitrogens with one attached hydrogen (secondary N) is 1. The van der Waals surface area contributed by atoms with Gasteiger partial charge in [0, 0.05) is 0 Å². The van der Waals surface area contributed by atoms with Gasteiger partial charge in [-0.05, 0) is 25.0 Å². The van der Waals surface area contributed by atoms with Gasteiger partial charge in [-0.3, -0.25) is 4.79 Å². The highest BCUT2D eigenvalue weighted by Crippen LogP contribution is 2.11. The maximum absolute atomic E-state index is 13.5. The maximum Gasteiger partial charge on any atom is 0.326 e. The van der Waals surface area contributed by atoms with Gasteiger partial charge in [-0.15, -0.1) is 0 Å². The van der Waals surface area contributed by atoms with Gasteiger partial charge in [0.05, 0.1) is 5.56 Å².